The second-order valence-corrected chi connectivity index (χ2v) is 2.82. The average molecular weight is 189 g/mol. The van der Waals surface area contributed by atoms with E-state index in [2.05, 4.69) is 0 Å². The molecule has 1 rings (SSSR count). The highest BCUT2D eigenvalue weighted by Gasteiger charge is 2.32. The first-order valence-electron chi connectivity index (χ1n) is 3.98. The third-order valence-corrected chi connectivity index (χ3v) is 1.83. The fraction of sp³-hybridized carbons (Fsp3) is 0.857. The lowest BCUT2D eigenvalue weighted by molar-refractivity contribution is -0.511. The summed E-state index contributed by atoms with van der Waals surface area (Å²) in [5.41, 5.74) is 0. The molecule has 1 heterocycles. The molecule has 0 radical (unpaired) electrons. The van der Waals surface area contributed by atoms with Gasteiger partial charge in [-0.25, -0.2) is 0 Å². The van der Waals surface area contributed by atoms with Crippen LogP contribution < -0.4 is 0 Å². The molecule has 6 heteroatoms. The zero-order valence-electron chi connectivity index (χ0n) is 7.26. The second-order valence-electron chi connectivity index (χ2n) is 2.82. The van der Waals surface area contributed by atoms with E-state index < -0.39 is 23.0 Å². The second kappa shape index (κ2) is 4.29. The van der Waals surface area contributed by atoms with Crippen LogP contribution in [0.2, 0.25) is 0 Å². The summed E-state index contributed by atoms with van der Waals surface area (Å²) in [6, 6.07) is -1.21. The number of hydrogen-bond donors (Lipinski definition) is 0. The number of nitro groups is 1. The molecule has 1 fully saturated rings. The Kier molecular flexibility index (Phi) is 3.32. The van der Waals surface area contributed by atoms with Crippen LogP contribution in [-0.4, -0.2) is 36.3 Å². The van der Waals surface area contributed by atoms with E-state index in [1.54, 1.807) is 0 Å². The van der Waals surface area contributed by atoms with Crippen LogP contribution in [0.4, 0.5) is 0 Å². The maximum Gasteiger partial charge on any atom is 0.274 e. The zero-order valence-corrected chi connectivity index (χ0v) is 7.26. The Morgan fingerprint density at radius 3 is 2.54 bits per heavy atom. The van der Waals surface area contributed by atoms with Crippen molar-refractivity contribution in [2.75, 3.05) is 13.2 Å². The molecule has 0 aromatic rings. The SMILES string of the molecule is CC(=O)C(CC1OCCO1)[N+](=O)[O-]. The van der Waals surface area contributed by atoms with Gasteiger partial charge in [-0.2, -0.15) is 0 Å². The van der Waals surface area contributed by atoms with Crippen LogP contribution in [0.15, 0.2) is 0 Å². The van der Waals surface area contributed by atoms with Crippen LogP contribution >= 0.6 is 0 Å². The number of rotatable bonds is 4. The highest BCUT2D eigenvalue weighted by atomic mass is 16.7. The highest BCUT2D eigenvalue weighted by Crippen LogP contribution is 2.12. The number of carbonyl (C=O) groups excluding carboxylic acids is 1. The molecule has 1 unspecified atom stereocenters. The molecule has 0 aromatic carbocycles. The monoisotopic (exact) mass is 189 g/mol. The van der Waals surface area contributed by atoms with E-state index >= 15 is 0 Å². The van der Waals surface area contributed by atoms with Crippen molar-refractivity contribution in [3.8, 4) is 0 Å². The maximum absolute atomic E-state index is 10.8. The van der Waals surface area contributed by atoms with E-state index in [9.17, 15) is 14.9 Å². The molecule has 0 spiro atoms. The van der Waals surface area contributed by atoms with Gasteiger partial charge in [0.15, 0.2) is 6.29 Å². The first-order chi connectivity index (χ1) is 6.11. The van der Waals surface area contributed by atoms with Crippen molar-refractivity contribution in [2.45, 2.75) is 25.7 Å². The van der Waals surface area contributed by atoms with Gasteiger partial charge in [-0.05, 0) is 0 Å². The number of ether oxygens (including phenoxy) is 2. The molecule has 1 atom stereocenters. The Morgan fingerprint density at radius 2 is 2.15 bits per heavy atom. The minimum atomic E-state index is -1.21. The van der Waals surface area contributed by atoms with Crippen molar-refractivity contribution in [3.63, 3.8) is 0 Å². The van der Waals surface area contributed by atoms with Crippen LogP contribution in [0, 0.1) is 10.1 Å². The number of nitrogens with zero attached hydrogens (tertiary/aromatic N) is 1. The lowest BCUT2D eigenvalue weighted by Gasteiger charge is -2.10. The topological polar surface area (TPSA) is 78.7 Å². The molecule has 1 saturated heterocycles. The predicted molar refractivity (Wildman–Crippen MR) is 41.8 cm³/mol. The van der Waals surface area contributed by atoms with E-state index in [1.807, 2.05) is 0 Å². The van der Waals surface area contributed by atoms with E-state index in [0.717, 1.165) is 0 Å². The number of hydrogen-bond acceptors (Lipinski definition) is 5. The van der Waals surface area contributed by atoms with Crippen molar-refractivity contribution >= 4 is 5.78 Å². The van der Waals surface area contributed by atoms with Gasteiger partial charge >= 0.3 is 0 Å². The van der Waals surface area contributed by atoms with Crippen molar-refractivity contribution in [1.29, 1.82) is 0 Å². The summed E-state index contributed by atoms with van der Waals surface area (Å²) in [4.78, 5) is 20.6. The highest BCUT2D eigenvalue weighted by molar-refractivity contribution is 5.80. The molecule has 0 N–H and O–H groups in total. The Balaban J connectivity index is 2.46. The van der Waals surface area contributed by atoms with Crippen molar-refractivity contribution < 1.29 is 19.2 Å². The normalized spacial score (nSPS) is 20.1. The third-order valence-electron chi connectivity index (χ3n) is 1.83. The fourth-order valence-electron chi connectivity index (χ4n) is 1.13. The first-order valence-corrected chi connectivity index (χ1v) is 3.98. The third kappa shape index (κ3) is 2.74. The molecule has 1 aliphatic heterocycles. The van der Waals surface area contributed by atoms with Crippen molar-refractivity contribution in [3.05, 3.63) is 10.1 Å². The molecular formula is C7H11NO5. The average Bonchev–Trinajstić information content (AvgIpc) is 2.50. The quantitative estimate of drug-likeness (QED) is 0.458. The van der Waals surface area contributed by atoms with Gasteiger partial charge in [-0.15, -0.1) is 0 Å². The fourth-order valence-corrected chi connectivity index (χ4v) is 1.13. The van der Waals surface area contributed by atoms with E-state index in [-0.39, 0.29) is 6.42 Å². The number of ketones is 1. The van der Waals surface area contributed by atoms with Gasteiger partial charge in [0, 0.05) is 11.8 Å². The first kappa shape index (κ1) is 10.1. The van der Waals surface area contributed by atoms with E-state index in [0.29, 0.717) is 13.2 Å². The number of carbonyl (C=O) groups is 1. The summed E-state index contributed by atoms with van der Waals surface area (Å²) in [6.07, 6.45) is -0.596. The van der Waals surface area contributed by atoms with Crippen LogP contribution in [0.5, 0.6) is 0 Å². The number of Topliss-reactive ketones (excluding diaryl/α,β-unsaturated/α-hetero) is 1. The van der Waals surface area contributed by atoms with Crippen LogP contribution in [0.25, 0.3) is 0 Å². The predicted octanol–water partition coefficient (Wildman–Crippen LogP) is -0.0163. The summed E-state index contributed by atoms with van der Waals surface area (Å²) in [5.74, 6) is -0.468. The van der Waals surface area contributed by atoms with Gasteiger partial charge in [0.25, 0.3) is 6.04 Å². The zero-order chi connectivity index (χ0) is 9.84. The molecule has 0 saturated carbocycles. The summed E-state index contributed by atoms with van der Waals surface area (Å²) in [6.45, 7) is 2.07. The van der Waals surface area contributed by atoms with Gasteiger partial charge in [-0.1, -0.05) is 0 Å². The molecule has 13 heavy (non-hydrogen) atoms. The van der Waals surface area contributed by atoms with Crippen LogP contribution in [-0.2, 0) is 14.3 Å². The lowest BCUT2D eigenvalue weighted by Crippen LogP contribution is -2.32. The van der Waals surface area contributed by atoms with Gasteiger partial charge in [-0.3, -0.25) is 14.9 Å². The van der Waals surface area contributed by atoms with Crippen molar-refractivity contribution in [2.24, 2.45) is 0 Å². The van der Waals surface area contributed by atoms with Crippen molar-refractivity contribution in [1.82, 2.24) is 0 Å². The van der Waals surface area contributed by atoms with Gasteiger partial charge in [0.05, 0.1) is 19.6 Å². The summed E-state index contributed by atoms with van der Waals surface area (Å²) in [5, 5.41) is 10.4. The summed E-state index contributed by atoms with van der Waals surface area (Å²) >= 11 is 0. The summed E-state index contributed by atoms with van der Waals surface area (Å²) in [7, 11) is 0. The van der Waals surface area contributed by atoms with Crippen LogP contribution in [0.1, 0.15) is 13.3 Å². The smallest absolute Gasteiger partial charge is 0.274 e. The maximum atomic E-state index is 10.8. The molecule has 1 aliphatic rings. The summed E-state index contributed by atoms with van der Waals surface area (Å²) < 4.78 is 10.0. The Bertz CT molecular complexity index is 197. The van der Waals surface area contributed by atoms with E-state index in [1.165, 1.54) is 6.92 Å². The molecule has 0 aromatic heterocycles. The van der Waals surface area contributed by atoms with Gasteiger partial charge in [0.1, 0.15) is 0 Å². The molecule has 74 valence electrons. The molecule has 0 bridgehead atoms. The standard InChI is InChI=1S/C7H11NO5/c1-5(9)6(8(10)11)4-7-12-2-3-13-7/h6-7H,2-4H2,1H3. The van der Waals surface area contributed by atoms with Gasteiger partial charge < -0.3 is 9.47 Å². The molecule has 0 aliphatic carbocycles. The molecule has 6 nitrogen and oxygen atoms in total. The molecular weight excluding hydrogens is 178 g/mol. The minimum absolute atomic E-state index is 0.00231. The Morgan fingerprint density at radius 1 is 1.62 bits per heavy atom. The van der Waals surface area contributed by atoms with Crippen LogP contribution in [0.3, 0.4) is 0 Å². The minimum Gasteiger partial charge on any atom is -0.350 e. The Labute approximate surface area is 75.0 Å². The largest absolute Gasteiger partial charge is 0.350 e. The Hall–Kier alpha value is -1.01. The molecule has 0 amide bonds. The van der Waals surface area contributed by atoms with Gasteiger partial charge in [0.2, 0.25) is 5.78 Å². The van der Waals surface area contributed by atoms with E-state index in [4.69, 9.17) is 9.47 Å². The lowest BCUT2D eigenvalue weighted by atomic mass is 10.1.